The summed E-state index contributed by atoms with van der Waals surface area (Å²) in [5, 5.41) is 25.3. The maximum absolute atomic E-state index is 13.7. The van der Waals surface area contributed by atoms with E-state index in [9.17, 15) is 42.8 Å². The molecule has 0 aliphatic heterocycles. The van der Waals surface area contributed by atoms with Crippen molar-refractivity contribution in [1.82, 2.24) is 19.6 Å². The Balaban J connectivity index is 0.00000800. The average molecular weight is 1090 g/mol. The second kappa shape index (κ2) is 21.0. The summed E-state index contributed by atoms with van der Waals surface area (Å²) in [6.07, 6.45) is 0. The summed E-state index contributed by atoms with van der Waals surface area (Å²) in [5.74, 6) is -0.0919. The maximum Gasteiger partial charge on any atom is 0.341 e. The van der Waals surface area contributed by atoms with E-state index in [2.05, 4.69) is 30.7 Å². The molecule has 0 aliphatic carbocycles. The molecule has 0 fully saturated rings. The van der Waals surface area contributed by atoms with Crippen LogP contribution in [0.4, 0.5) is 34.4 Å². The van der Waals surface area contributed by atoms with Gasteiger partial charge in [0.2, 0.25) is 0 Å². The van der Waals surface area contributed by atoms with Crippen LogP contribution in [0.2, 0.25) is 0 Å². The molecule has 0 amide bonds. The maximum atomic E-state index is 13.7. The van der Waals surface area contributed by atoms with Gasteiger partial charge in [-0.2, -0.15) is 43.9 Å². The average Bonchev–Trinajstić information content (AvgIpc) is 3.80. The Bertz CT molecular complexity index is 3720. The monoisotopic (exact) mass is 1090 g/mol. The Labute approximate surface area is 447 Å². The van der Waals surface area contributed by atoms with Gasteiger partial charge in [0.25, 0.3) is 20.2 Å². The minimum absolute atomic E-state index is 0. The number of anilines is 2. The van der Waals surface area contributed by atoms with E-state index in [1.54, 1.807) is 50.2 Å². The molecule has 0 spiro atoms. The number of nitrogens with zero attached hydrogens (tertiary/aromatic N) is 8. The summed E-state index contributed by atoms with van der Waals surface area (Å²) in [7, 11) is -18.0. The van der Waals surface area contributed by atoms with Crippen molar-refractivity contribution in [3.63, 3.8) is 0 Å². The molecule has 0 saturated heterocycles. The molecule has 6 aromatic carbocycles. The first-order chi connectivity index (χ1) is 34.3. The third kappa shape index (κ3) is 11.6. The zero-order valence-electron chi connectivity index (χ0n) is 39.7. The van der Waals surface area contributed by atoms with Crippen LogP contribution >= 0.6 is 0 Å². The fourth-order valence-corrected chi connectivity index (χ4v) is 10.5. The first-order valence-electron chi connectivity index (χ1n) is 21.3. The number of nitrogen functional groups attached to an aromatic ring is 2. The van der Waals surface area contributed by atoms with Gasteiger partial charge in [0.1, 0.15) is 32.7 Å². The van der Waals surface area contributed by atoms with E-state index < -0.39 is 45.9 Å². The molecule has 2 aromatic heterocycles. The van der Waals surface area contributed by atoms with Crippen molar-refractivity contribution in [2.24, 2.45) is 20.5 Å². The Morgan fingerprint density at radius 2 is 0.851 bits per heavy atom. The van der Waals surface area contributed by atoms with Crippen LogP contribution in [-0.4, -0.2) is 91.9 Å². The molecule has 0 atom stereocenters. The quantitative estimate of drug-likeness (QED) is 0.0304. The smallest absolute Gasteiger partial charge is 0.341 e. The van der Waals surface area contributed by atoms with Crippen molar-refractivity contribution in [2.75, 3.05) is 11.5 Å². The zero-order valence-corrected chi connectivity index (χ0v) is 45.0. The molecule has 1 radical (unpaired) electrons. The van der Waals surface area contributed by atoms with Gasteiger partial charge in [0.05, 0.1) is 32.6 Å². The van der Waals surface area contributed by atoms with Gasteiger partial charge >= 0.3 is 20.2 Å². The second-order valence-electron chi connectivity index (χ2n) is 16.5. The van der Waals surface area contributed by atoms with Crippen LogP contribution < -0.4 is 19.8 Å². The topological polar surface area (TPSA) is 333 Å². The molecular formula is C47H42N10NaO12S4. The second-order valence-corrected chi connectivity index (χ2v) is 22.4. The number of aryl methyl sites for hydroxylation is 2. The van der Waals surface area contributed by atoms with E-state index in [4.69, 9.17) is 19.8 Å². The molecule has 8 aromatic rings. The predicted molar refractivity (Wildman–Crippen MR) is 273 cm³/mol. The number of azo groups is 2. The van der Waals surface area contributed by atoms with Crippen molar-refractivity contribution >= 4 is 104 Å². The van der Waals surface area contributed by atoms with Crippen molar-refractivity contribution in [1.29, 1.82) is 0 Å². The first-order valence-corrected chi connectivity index (χ1v) is 27.0. The van der Waals surface area contributed by atoms with Crippen LogP contribution in [0.5, 0.6) is 11.5 Å². The third-order valence-electron chi connectivity index (χ3n) is 11.2. The molecule has 2 heterocycles. The van der Waals surface area contributed by atoms with Gasteiger partial charge in [-0.25, -0.2) is 9.36 Å². The summed E-state index contributed by atoms with van der Waals surface area (Å²) in [5.41, 5.74) is 14.4. The predicted octanol–water partition coefficient (Wildman–Crippen LogP) is 8.64. The summed E-state index contributed by atoms with van der Waals surface area (Å²) in [4.78, 5) is -1.37. The minimum atomic E-state index is -4.52. The number of rotatable bonds is 16. The molecule has 0 aliphatic rings. The normalized spacial score (nSPS) is 12.5. The van der Waals surface area contributed by atoms with Crippen LogP contribution in [0.1, 0.15) is 36.4 Å². The first kappa shape index (κ1) is 54.6. The van der Waals surface area contributed by atoms with E-state index in [0.29, 0.717) is 0 Å². The number of hydrogen-bond acceptors (Lipinski definition) is 18. The number of nitrogens with two attached hydrogens (primary N) is 2. The van der Waals surface area contributed by atoms with Gasteiger partial charge in [-0.1, -0.05) is 74.5 Å². The van der Waals surface area contributed by atoms with Crippen molar-refractivity contribution in [3.8, 4) is 22.9 Å². The van der Waals surface area contributed by atoms with E-state index in [1.807, 2.05) is 13.8 Å². The SMILES string of the molecule is Cc1nn(-c2cccc(S(=O)(=O)O)c2)c(N)c1N=Nc1ccccc1S(=O)(=O)Oc1ccc(C(C)(C)c2ccc(OS(=O)(=O)c3ccccc3N=Nc3c(C)nn(-c4cccc(S(=O)(=O)O)c4)c3N)cc2)cc1.[Na]. The molecular weight excluding hydrogens is 1050 g/mol. The fraction of sp³-hybridized carbons (Fsp3) is 0.106. The molecule has 27 heteroatoms. The summed E-state index contributed by atoms with van der Waals surface area (Å²) in [6, 6.07) is 34.7. The van der Waals surface area contributed by atoms with Crippen LogP contribution in [0.25, 0.3) is 11.4 Å². The molecule has 0 saturated carbocycles. The Hall–Kier alpha value is -7.14. The number of aromatic nitrogens is 4. The molecule has 377 valence electrons. The number of benzene rings is 6. The summed E-state index contributed by atoms with van der Waals surface area (Å²) >= 11 is 0. The summed E-state index contributed by atoms with van der Waals surface area (Å²) in [6.45, 7) is 6.98. The van der Waals surface area contributed by atoms with Crippen LogP contribution in [0, 0.1) is 13.8 Å². The largest absolute Gasteiger partial charge is 0.382 e. The van der Waals surface area contributed by atoms with Gasteiger partial charge in [0, 0.05) is 35.0 Å². The van der Waals surface area contributed by atoms with Crippen molar-refractivity contribution < 1.29 is 51.1 Å². The van der Waals surface area contributed by atoms with Crippen molar-refractivity contribution in [2.45, 2.75) is 52.7 Å². The number of hydrogen-bond donors (Lipinski definition) is 4. The summed E-state index contributed by atoms with van der Waals surface area (Å²) < 4.78 is 134. The van der Waals surface area contributed by atoms with Gasteiger partial charge in [0.15, 0.2) is 23.0 Å². The van der Waals surface area contributed by atoms with E-state index >= 15 is 0 Å². The molecule has 6 N–H and O–H groups in total. The van der Waals surface area contributed by atoms with Gasteiger partial charge in [-0.3, -0.25) is 9.11 Å². The Morgan fingerprint density at radius 3 is 1.20 bits per heavy atom. The Morgan fingerprint density at radius 1 is 0.500 bits per heavy atom. The zero-order chi connectivity index (χ0) is 52.7. The van der Waals surface area contributed by atoms with Gasteiger partial charge < -0.3 is 19.8 Å². The van der Waals surface area contributed by atoms with Gasteiger partial charge in [-0.05, 0) is 110 Å². The van der Waals surface area contributed by atoms with E-state index in [-0.39, 0.29) is 118 Å². The van der Waals surface area contributed by atoms with E-state index in [0.717, 1.165) is 11.1 Å². The molecule has 0 bridgehead atoms. The van der Waals surface area contributed by atoms with Gasteiger partial charge in [-0.15, -0.1) is 20.5 Å². The van der Waals surface area contributed by atoms with Crippen LogP contribution in [-0.2, 0) is 45.9 Å². The van der Waals surface area contributed by atoms with Crippen molar-refractivity contribution in [3.05, 3.63) is 168 Å². The standard InChI is InChI=1S/C47H42N10O12S4.Na/c1-29-43(45(48)56(54-29)33-11-9-13-37(27-33)70(58,59)60)52-50-39-15-5-7-17-41(39)72(64,65)68-35-23-19-31(20-24-35)47(3,4)32-21-25-36(26-22-32)69-73(66,67)42-18-8-6-16-40(42)51-53-44-30(2)55-57(46(44)49)34-12-10-14-38(28-34)71(61,62)63;/h5-28H,48-49H2,1-4H3,(H,58,59,60)(H,61,62,63);. The molecule has 74 heavy (non-hydrogen) atoms. The Kier molecular flexibility index (Phi) is 15.5. The fourth-order valence-electron chi connectivity index (χ4n) is 7.34. The van der Waals surface area contributed by atoms with Crippen LogP contribution in [0.15, 0.2) is 186 Å². The molecule has 8 rings (SSSR count). The molecule has 22 nitrogen and oxygen atoms in total. The van der Waals surface area contributed by atoms with Crippen LogP contribution in [0.3, 0.4) is 0 Å². The van der Waals surface area contributed by atoms with E-state index in [1.165, 1.54) is 119 Å². The molecule has 0 unspecified atom stereocenters. The minimum Gasteiger partial charge on any atom is -0.382 e. The third-order valence-corrected chi connectivity index (χ3v) is 15.5.